The van der Waals surface area contributed by atoms with Gasteiger partial charge < -0.3 is 8.98 Å². The highest BCUT2D eigenvalue weighted by Crippen LogP contribution is 2.36. The van der Waals surface area contributed by atoms with Crippen LogP contribution in [0.25, 0.3) is 0 Å². The van der Waals surface area contributed by atoms with E-state index in [1.807, 2.05) is 13.8 Å². The third-order valence-electron chi connectivity index (χ3n) is 2.91. The van der Waals surface area contributed by atoms with Crippen LogP contribution < -0.4 is 0 Å². The van der Waals surface area contributed by atoms with Gasteiger partial charge in [0.25, 0.3) is 0 Å². The molecule has 0 spiro atoms. The van der Waals surface area contributed by atoms with E-state index in [0.717, 1.165) is 0 Å². The molecule has 0 aliphatic heterocycles. The Balaban J connectivity index is 4.09. The second-order valence-electron chi connectivity index (χ2n) is 5.68. The van der Waals surface area contributed by atoms with Crippen molar-refractivity contribution in [3.63, 3.8) is 0 Å². The Bertz CT molecular complexity index is 237. The van der Waals surface area contributed by atoms with E-state index in [2.05, 4.69) is 38.3 Å². The summed E-state index contributed by atoms with van der Waals surface area (Å²) < 4.78 is 21.2. The lowest BCUT2D eigenvalue weighted by molar-refractivity contribution is 0.343. The van der Waals surface area contributed by atoms with Crippen LogP contribution in [-0.2, 0) is 15.8 Å². The molecular weight excluding hydrogens is 238 g/mol. The summed E-state index contributed by atoms with van der Waals surface area (Å²) >= 11 is -1.12. The van der Waals surface area contributed by atoms with Gasteiger partial charge in [0.15, 0.2) is 8.32 Å². The summed E-state index contributed by atoms with van der Waals surface area (Å²) in [5.41, 5.74) is 0. The Morgan fingerprint density at radius 1 is 1.38 bits per heavy atom. The van der Waals surface area contributed by atoms with Crippen LogP contribution in [0.5, 0.6) is 0 Å². The molecule has 0 saturated carbocycles. The third-order valence-corrected chi connectivity index (χ3v) is 8.57. The van der Waals surface area contributed by atoms with Crippen molar-refractivity contribution in [3.05, 3.63) is 0 Å². The highest BCUT2D eigenvalue weighted by Gasteiger charge is 2.36. The molecule has 0 aromatic heterocycles. The van der Waals surface area contributed by atoms with Gasteiger partial charge in [-0.2, -0.15) is 0 Å². The summed E-state index contributed by atoms with van der Waals surface area (Å²) in [6, 6.07) is 0. The molecule has 0 fully saturated rings. The molecule has 5 heteroatoms. The number of nitrogens with zero attached hydrogens (tertiary/aromatic N) is 1. The average Bonchev–Trinajstić information content (AvgIpc) is 2.09. The normalized spacial score (nSPS) is 16.1. The lowest BCUT2D eigenvalue weighted by Crippen LogP contribution is -2.41. The van der Waals surface area contributed by atoms with Crippen molar-refractivity contribution in [2.75, 3.05) is 6.61 Å². The Morgan fingerprint density at radius 2 is 1.88 bits per heavy atom. The molecule has 0 aliphatic carbocycles. The highest BCUT2D eigenvalue weighted by molar-refractivity contribution is 7.90. The van der Waals surface area contributed by atoms with Crippen molar-refractivity contribution in [2.45, 2.75) is 58.0 Å². The second-order valence-corrected chi connectivity index (χ2v) is 12.2. The molecular formula is C11H25NO2SSi. The fraction of sp³-hybridized carbons (Fsp3) is 0.909. The summed E-state index contributed by atoms with van der Waals surface area (Å²) in [6.45, 7) is 15.2. The minimum atomic E-state index is -1.69. The van der Waals surface area contributed by atoms with Gasteiger partial charge in [0.05, 0.1) is 24.2 Å². The van der Waals surface area contributed by atoms with Gasteiger partial charge in [0, 0.05) is 0 Å². The van der Waals surface area contributed by atoms with Gasteiger partial charge in [-0.25, -0.2) is 0 Å². The molecule has 96 valence electrons. The van der Waals surface area contributed by atoms with Crippen LogP contribution in [0.2, 0.25) is 18.1 Å². The van der Waals surface area contributed by atoms with Crippen molar-refractivity contribution in [1.29, 1.82) is 0 Å². The largest absolute Gasteiger partial charge is 0.591 e. The minimum Gasteiger partial charge on any atom is -0.591 e. The molecule has 1 atom stereocenters. The van der Waals surface area contributed by atoms with E-state index >= 15 is 0 Å². The summed E-state index contributed by atoms with van der Waals surface area (Å²) in [6.07, 6.45) is 1.64. The molecule has 0 saturated heterocycles. The molecule has 0 aromatic carbocycles. The number of hydrogen-bond acceptors (Lipinski definition) is 3. The van der Waals surface area contributed by atoms with E-state index in [9.17, 15) is 4.55 Å². The lowest BCUT2D eigenvalue weighted by atomic mass is 10.2. The summed E-state index contributed by atoms with van der Waals surface area (Å²) in [4.78, 5) is 0. The minimum absolute atomic E-state index is 0.0733. The van der Waals surface area contributed by atoms with E-state index in [1.54, 1.807) is 6.21 Å². The van der Waals surface area contributed by atoms with Crippen LogP contribution in [0.15, 0.2) is 4.40 Å². The first-order valence-electron chi connectivity index (χ1n) is 5.65. The molecule has 0 bridgehead atoms. The lowest BCUT2D eigenvalue weighted by Gasteiger charge is -2.35. The van der Waals surface area contributed by atoms with Crippen molar-refractivity contribution in [3.8, 4) is 0 Å². The predicted octanol–water partition coefficient (Wildman–Crippen LogP) is 3.15. The third kappa shape index (κ3) is 5.47. The standard InChI is InChI=1S/C11H25NO2SSi/c1-10(2)15(13)12-8-9-14-16(6,7)11(3,4)5/h8,10H,9H2,1-7H3/b12-8+. The second kappa shape index (κ2) is 6.19. The van der Waals surface area contributed by atoms with Gasteiger partial charge in [0.1, 0.15) is 5.25 Å². The molecule has 0 aromatic rings. The fourth-order valence-electron chi connectivity index (χ4n) is 0.688. The number of rotatable bonds is 5. The monoisotopic (exact) mass is 263 g/mol. The maximum atomic E-state index is 11.3. The van der Waals surface area contributed by atoms with Gasteiger partial charge in [0.2, 0.25) is 0 Å². The summed E-state index contributed by atoms with van der Waals surface area (Å²) in [5, 5.41) is 0.280. The molecule has 16 heavy (non-hydrogen) atoms. The highest BCUT2D eigenvalue weighted by atomic mass is 32.2. The predicted molar refractivity (Wildman–Crippen MR) is 74.9 cm³/mol. The van der Waals surface area contributed by atoms with Crippen LogP contribution >= 0.6 is 0 Å². The summed E-state index contributed by atoms with van der Waals surface area (Å²) in [7, 11) is -1.69. The van der Waals surface area contributed by atoms with E-state index in [-0.39, 0.29) is 10.3 Å². The molecule has 1 unspecified atom stereocenters. The molecule has 0 rings (SSSR count). The Morgan fingerprint density at radius 3 is 2.25 bits per heavy atom. The van der Waals surface area contributed by atoms with E-state index in [0.29, 0.717) is 6.61 Å². The quantitative estimate of drug-likeness (QED) is 0.434. The molecule has 0 N–H and O–H groups in total. The zero-order valence-corrected chi connectivity index (χ0v) is 13.4. The summed E-state index contributed by atoms with van der Waals surface area (Å²) in [5.74, 6) is 0. The van der Waals surface area contributed by atoms with E-state index in [4.69, 9.17) is 4.43 Å². The Hall–Kier alpha value is 0.157. The first-order chi connectivity index (χ1) is 7.08. The first kappa shape index (κ1) is 16.2. The average molecular weight is 263 g/mol. The SMILES string of the molecule is CC(C)[S+]([O-])/N=C/CO[Si](C)(C)C(C)(C)C. The van der Waals surface area contributed by atoms with E-state index < -0.39 is 19.7 Å². The van der Waals surface area contributed by atoms with Gasteiger partial charge in [-0.3, -0.25) is 0 Å². The Kier molecular flexibility index (Phi) is 6.25. The number of hydrogen-bond donors (Lipinski definition) is 0. The van der Waals surface area contributed by atoms with Crippen LogP contribution in [0.3, 0.4) is 0 Å². The maximum Gasteiger partial charge on any atom is 0.192 e. The van der Waals surface area contributed by atoms with Crippen molar-refractivity contribution >= 4 is 25.9 Å². The van der Waals surface area contributed by atoms with Gasteiger partial charge in [-0.05, 0) is 32.0 Å². The Labute approximate surface area is 104 Å². The molecule has 0 aliphatic rings. The van der Waals surface area contributed by atoms with Crippen molar-refractivity contribution < 1.29 is 8.98 Å². The van der Waals surface area contributed by atoms with Crippen LogP contribution in [-0.4, -0.2) is 30.9 Å². The molecule has 0 radical (unpaired) electrons. The van der Waals surface area contributed by atoms with Crippen LogP contribution in [0.1, 0.15) is 34.6 Å². The smallest absolute Gasteiger partial charge is 0.192 e. The topological polar surface area (TPSA) is 44.7 Å². The first-order valence-corrected chi connectivity index (χ1v) is 9.73. The van der Waals surface area contributed by atoms with Crippen LogP contribution in [0.4, 0.5) is 0 Å². The van der Waals surface area contributed by atoms with E-state index in [1.165, 1.54) is 0 Å². The zero-order valence-electron chi connectivity index (χ0n) is 11.5. The van der Waals surface area contributed by atoms with Gasteiger partial charge in [-0.15, -0.1) is 0 Å². The van der Waals surface area contributed by atoms with Crippen LogP contribution in [0, 0.1) is 0 Å². The fourth-order valence-corrected chi connectivity index (χ4v) is 2.06. The molecule has 0 heterocycles. The van der Waals surface area contributed by atoms with Crippen molar-refractivity contribution in [2.24, 2.45) is 4.40 Å². The molecule has 0 amide bonds. The van der Waals surface area contributed by atoms with Gasteiger partial charge in [-0.1, -0.05) is 25.2 Å². The zero-order chi connectivity index (χ0) is 13.0. The maximum absolute atomic E-state index is 11.3. The molecule has 3 nitrogen and oxygen atoms in total. The van der Waals surface area contributed by atoms with Gasteiger partial charge >= 0.3 is 0 Å². The van der Waals surface area contributed by atoms with Crippen molar-refractivity contribution in [1.82, 2.24) is 0 Å².